The largest absolute Gasteiger partial charge is 0.381 e. The smallest absolute Gasteiger partial charge is 0.226 e. The maximum Gasteiger partial charge on any atom is 0.226 e. The highest BCUT2D eigenvalue weighted by Gasteiger charge is 2.33. The zero-order chi connectivity index (χ0) is 19.8. The third kappa shape index (κ3) is 3.91. The van der Waals surface area contributed by atoms with Gasteiger partial charge in [0.2, 0.25) is 5.91 Å². The van der Waals surface area contributed by atoms with Gasteiger partial charge in [-0.05, 0) is 75.3 Å². The number of anilines is 1. The third-order valence-corrected chi connectivity index (χ3v) is 7.69. The summed E-state index contributed by atoms with van der Waals surface area (Å²) in [4.78, 5) is 20.3. The Morgan fingerprint density at radius 3 is 2.69 bits per heavy atom. The van der Waals surface area contributed by atoms with Crippen molar-refractivity contribution in [2.24, 2.45) is 5.92 Å². The molecule has 0 saturated carbocycles. The van der Waals surface area contributed by atoms with E-state index in [0.29, 0.717) is 5.91 Å². The van der Waals surface area contributed by atoms with Crippen molar-refractivity contribution in [3.05, 3.63) is 29.3 Å². The number of fused-ring (bicyclic) bond motifs is 1. The second-order valence-electron chi connectivity index (χ2n) is 9.47. The van der Waals surface area contributed by atoms with Gasteiger partial charge in [0.25, 0.3) is 0 Å². The van der Waals surface area contributed by atoms with Gasteiger partial charge in [0.15, 0.2) is 0 Å². The molecular weight excluding hydrogens is 362 g/mol. The Balaban J connectivity index is 1.23. The normalized spacial score (nSPS) is 28.7. The highest BCUT2D eigenvalue weighted by Crippen LogP contribution is 2.31. The minimum Gasteiger partial charge on any atom is -0.381 e. The molecule has 3 saturated heterocycles. The van der Waals surface area contributed by atoms with E-state index < -0.39 is 0 Å². The van der Waals surface area contributed by atoms with Gasteiger partial charge in [0.1, 0.15) is 0 Å². The second kappa shape index (κ2) is 8.27. The van der Waals surface area contributed by atoms with Crippen LogP contribution in [0.5, 0.6) is 0 Å². The predicted octanol–water partition coefficient (Wildman–Crippen LogP) is 3.06. The summed E-state index contributed by atoms with van der Waals surface area (Å²) in [6.45, 7) is 9.11. The number of hydrogen-bond acceptors (Lipinski definition) is 4. The number of carbonyl (C=O) groups excluding carboxylic acids is 1. The van der Waals surface area contributed by atoms with Gasteiger partial charge >= 0.3 is 0 Å². The van der Waals surface area contributed by atoms with Crippen LogP contribution in [-0.4, -0.2) is 67.2 Å². The van der Waals surface area contributed by atoms with E-state index in [2.05, 4.69) is 39.8 Å². The van der Waals surface area contributed by atoms with Crippen molar-refractivity contribution in [3.8, 4) is 0 Å². The Hall–Kier alpha value is -1.59. The molecule has 4 aliphatic rings. The first kappa shape index (κ1) is 19.4. The maximum atomic E-state index is 12.9. The van der Waals surface area contributed by atoms with Crippen LogP contribution in [0.3, 0.4) is 0 Å². The predicted molar refractivity (Wildman–Crippen MR) is 115 cm³/mol. The van der Waals surface area contributed by atoms with E-state index >= 15 is 0 Å². The molecule has 0 bridgehead atoms. The van der Waals surface area contributed by atoms with Crippen molar-refractivity contribution in [1.82, 2.24) is 9.80 Å². The van der Waals surface area contributed by atoms with Crippen molar-refractivity contribution in [2.75, 3.05) is 44.3 Å². The SMILES string of the molecule is CC1CCCN1C1CCN(c2ccc3c(c2)CCN(C(=O)C2CCOCC2)C3)C1. The average molecular weight is 398 g/mol. The molecule has 1 aromatic carbocycles. The molecule has 1 aromatic rings. The van der Waals surface area contributed by atoms with E-state index in [1.165, 1.54) is 49.2 Å². The molecule has 0 N–H and O–H groups in total. The minimum atomic E-state index is 0.166. The Labute approximate surface area is 175 Å². The molecule has 0 aromatic heterocycles. The van der Waals surface area contributed by atoms with Crippen molar-refractivity contribution in [3.63, 3.8) is 0 Å². The Bertz CT molecular complexity index is 746. The fourth-order valence-electron chi connectivity index (χ4n) is 5.87. The fourth-order valence-corrected chi connectivity index (χ4v) is 5.87. The molecule has 158 valence electrons. The van der Waals surface area contributed by atoms with E-state index in [0.717, 1.165) is 64.2 Å². The zero-order valence-electron chi connectivity index (χ0n) is 17.8. The zero-order valence-corrected chi connectivity index (χ0v) is 17.8. The number of nitrogens with zero attached hydrogens (tertiary/aromatic N) is 3. The van der Waals surface area contributed by atoms with Gasteiger partial charge in [0, 0.05) is 63.1 Å². The van der Waals surface area contributed by atoms with Gasteiger partial charge in [-0.3, -0.25) is 9.69 Å². The molecule has 3 fully saturated rings. The number of ether oxygens (including phenoxy) is 1. The van der Waals surface area contributed by atoms with Crippen molar-refractivity contribution in [2.45, 2.75) is 64.1 Å². The van der Waals surface area contributed by atoms with Gasteiger partial charge in [-0.2, -0.15) is 0 Å². The average Bonchev–Trinajstić information content (AvgIpc) is 3.42. The van der Waals surface area contributed by atoms with Crippen LogP contribution in [-0.2, 0) is 22.5 Å². The molecule has 2 atom stereocenters. The lowest BCUT2D eigenvalue weighted by Crippen LogP contribution is -2.41. The molecule has 5 heteroatoms. The topological polar surface area (TPSA) is 36.0 Å². The molecule has 0 aliphatic carbocycles. The summed E-state index contributed by atoms with van der Waals surface area (Å²) in [5, 5.41) is 0. The Kier molecular flexibility index (Phi) is 5.53. The van der Waals surface area contributed by atoms with E-state index in [1.807, 2.05) is 0 Å². The summed E-state index contributed by atoms with van der Waals surface area (Å²) in [5.74, 6) is 0.504. The number of amides is 1. The van der Waals surface area contributed by atoms with Gasteiger partial charge in [-0.1, -0.05) is 6.07 Å². The van der Waals surface area contributed by atoms with Gasteiger partial charge in [-0.15, -0.1) is 0 Å². The number of likely N-dealkylation sites (tertiary alicyclic amines) is 1. The highest BCUT2D eigenvalue weighted by molar-refractivity contribution is 5.79. The van der Waals surface area contributed by atoms with Crippen molar-refractivity contribution < 1.29 is 9.53 Å². The van der Waals surface area contributed by atoms with Gasteiger partial charge in [-0.25, -0.2) is 0 Å². The third-order valence-electron chi connectivity index (χ3n) is 7.69. The lowest BCUT2D eigenvalue weighted by molar-refractivity contribution is -0.139. The standard InChI is InChI=1S/C24H35N3O2/c1-18-3-2-10-27(18)23-7-12-25(17-23)22-5-4-21-16-26(11-6-20(21)15-22)24(28)19-8-13-29-14-9-19/h4-5,15,18-19,23H,2-3,6-14,16-17H2,1H3. The van der Waals surface area contributed by atoms with Crippen LogP contribution in [0.15, 0.2) is 18.2 Å². The van der Waals surface area contributed by atoms with Gasteiger partial charge in [0.05, 0.1) is 0 Å². The van der Waals surface area contributed by atoms with Crippen molar-refractivity contribution in [1.29, 1.82) is 0 Å². The highest BCUT2D eigenvalue weighted by atomic mass is 16.5. The first-order valence-electron chi connectivity index (χ1n) is 11.7. The Morgan fingerprint density at radius 1 is 1.03 bits per heavy atom. The molecule has 5 rings (SSSR count). The summed E-state index contributed by atoms with van der Waals surface area (Å²) < 4.78 is 5.42. The number of rotatable bonds is 3. The van der Waals surface area contributed by atoms with Crippen LogP contribution in [0.25, 0.3) is 0 Å². The number of hydrogen-bond donors (Lipinski definition) is 0. The van der Waals surface area contributed by atoms with E-state index in [1.54, 1.807) is 0 Å². The first-order chi connectivity index (χ1) is 14.2. The van der Waals surface area contributed by atoms with Crippen LogP contribution in [0.1, 0.15) is 50.2 Å². The van der Waals surface area contributed by atoms with E-state index in [-0.39, 0.29) is 5.92 Å². The molecule has 29 heavy (non-hydrogen) atoms. The molecule has 0 spiro atoms. The monoisotopic (exact) mass is 397 g/mol. The van der Waals surface area contributed by atoms with Gasteiger partial charge < -0.3 is 14.5 Å². The molecule has 0 radical (unpaired) electrons. The van der Waals surface area contributed by atoms with E-state index in [4.69, 9.17) is 4.74 Å². The molecule has 4 heterocycles. The lowest BCUT2D eigenvalue weighted by Gasteiger charge is -2.34. The summed E-state index contributed by atoms with van der Waals surface area (Å²) >= 11 is 0. The summed E-state index contributed by atoms with van der Waals surface area (Å²) in [7, 11) is 0. The van der Waals surface area contributed by atoms with Crippen molar-refractivity contribution >= 4 is 11.6 Å². The maximum absolute atomic E-state index is 12.9. The molecule has 2 unspecified atom stereocenters. The molecule has 4 aliphatic heterocycles. The van der Waals surface area contributed by atoms with Crippen LogP contribution in [0.2, 0.25) is 0 Å². The van der Waals surface area contributed by atoms with E-state index in [9.17, 15) is 4.79 Å². The van der Waals surface area contributed by atoms with Crippen LogP contribution < -0.4 is 4.90 Å². The van der Waals surface area contributed by atoms with Crippen LogP contribution >= 0.6 is 0 Å². The number of benzene rings is 1. The summed E-state index contributed by atoms with van der Waals surface area (Å²) in [5.41, 5.74) is 4.16. The summed E-state index contributed by atoms with van der Waals surface area (Å²) in [6.07, 6.45) is 6.76. The minimum absolute atomic E-state index is 0.166. The lowest BCUT2D eigenvalue weighted by atomic mass is 9.94. The second-order valence-corrected chi connectivity index (χ2v) is 9.47. The number of carbonyl (C=O) groups is 1. The summed E-state index contributed by atoms with van der Waals surface area (Å²) in [6, 6.07) is 8.44. The fraction of sp³-hybridized carbons (Fsp3) is 0.708. The van der Waals surface area contributed by atoms with Crippen LogP contribution in [0.4, 0.5) is 5.69 Å². The Morgan fingerprint density at radius 2 is 1.90 bits per heavy atom. The molecule has 5 nitrogen and oxygen atoms in total. The first-order valence-corrected chi connectivity index (χ1v) is 11.7. The molecule has 1 amide bonds. The molecular formula is C24H35N3O2. The quantitative estimate of drug-likeness (QED) is 0.785. The van der Waals surface area contributed by atoms with Crippen LogP contribution in [0, 0.1) is 5.92 Å².